The summed E-state index contributed by atoms with van der Waals surface area (Å²) in [5.74, 6) is -1.04. The lowest BCUT2D eigenvalue weighted by Crippen LogP contribution is -2.29. The fourth-order valence-electron chi connectivity index (χ4n) is 1.66. The van der Waals surface area contributed by atoms with Gasteiger partial charge in [-0.05, 0) is 0 Å². The Hall–Kier alpha value is -2.64. The molecule has 94 valence electrons. The van der Waals surface area contributed by atoms with E-state index >= 15 is 0 Å². The lowest BCUT2D eigenvalue weighted by atomic mass is 10.1. The van der Waals surface area contributed by atoms with Crippen LogP contribution in [0.1, 0.15) is 10.4 Å². The van der Waals surface area contributed by atoms with Gasteiger partial charge in [-0.3, -0.25) is 14.9 Å². The lowest BCUT2D eigenvalue weighted by Gasteiger charge is -2.20. The molecule has 1 aliphatic heterocycles. The molecule has 0 bridgehead atoms. The van der Waals surface area contributed by atoms with Crippen LogP contribution < -0.4 is 10.6 Å². The van der Waals surface area contributed by atoms with E-state index in [0.29, 0.717) is 5.69 Å². The third-order valence-corrected chi connectivity index (χ3v) is 2.44. The number of ether oxygens (including phenoxy) is 1. The third kappa shape index (κ3) is 1.95. The summed E-state index contributed by atoms with van der Waals surface area (Å²) in [6, 6.07) is 2.29. The number of anilines is 2. The zero-order valence-corrected chi connectivity index (χ0v) is 9.35. The Kier molecular flexibility index (Phi) is 2.84. The number of amides is 1. The zero-order chi connectivity index (χ0) is 13.3. The van der Waals surface area contributed by atoms with Crippen LogP contribution in [-0.2, 0) is 9.53 Å². The molecular formula is C10H9N3O5. The molecule has 1 aromatic carbocycles. The van der Waals surface area contributed by atoms with Crippen LogP contribution in [0.5, 0.6) is 0 Å². The van der Waals surface area contributed by atoms with Crippen molar-refractivity contribution in [2.24, 2.45) is 0 Å². The number of nitro groups is 1. The molecule has 8 heteroatoms. The first-order valence-corrected chi connectivity index (χ1v) is 4.97. The Morgan fingerprint density at radius 1 is 1.50 bits per heavy atom. The lowest BCUT2D eigenvalue weighted by molar-refractivity contribution is -0.384. The van der Waals surface area contributed by atoms with Crippen LogP contribution in [0.3, 0.4) is 0 Å². The van der Waals surface area contributed by atoms with Gasteiger partial charge in [0.15, 0.2) is 0 Å². The van der Waals surface area contributed by atoms with E-state index < -0.39 is 10.9 Å². The number of non-ortho nitro benzene ring substituents is 1. The molecule has 0 fully saturated rings. The van der Waals surface area contributed by atoms with Crippen molar-refractivity contribution in [3.63, 3.8) is 0 Å². The highest BCUT2D eigenvalue weighted by molar-refractivity contribution is 6.07. The molecule has 2 N–H and O–H groups in total. The highest BCUT2D eigenvalue weighted by Gasteiger charge is 2.25. The van der Waals surface area contributed by atoms with Gasteiger partial charge in [-0.1, -0.05) is 0 Å². The highest BCUT2D eigenvalue weighted by Crippen LogP contribution is 2.33. The summed E-state index contributed by atoms with van der Waals surface area (Å²) < 4.78 is 4.55. The van der Waals surface area contributed by atoms with Crippen molar-refractivity contribution in [3.05, 3.63) is 27.8 Å². The van der Waals surface area contributed by atoms with Gasteiger partial charge in [0.1, 0.15) is 0 Å². The first kappa shape index (κ1) is 11.8. The predicted molar refractivity (Wildman–Crippen MR) is 61.6 cm³/mol. The quantitative estimate of drug-likeness (QED) is 0.455. The molecule has 0 radical (unpaired) electrons. The van der Waals surface area contributed by atoms with Crippen molar-refractivity contribution in [1.82, 2.24) is 0 Å². The van der Waals surface area contributed by atoms with Gasteiger partial charge in [-0.15, -0.1) is 0 Å². The molecule has 0 aliphatic carbocycles. The summed E-state index contributed by atoms with van der Waals surface area (Å²) in [6.45, 7) is -0.00515. The fraction of sp³-hybridized carbons (Fsp3) is 0.200. The number of rotatable bonds is 2. The van der Waals surface area contributed by atoms with Crippen molar-refractivity contribution < 1.29 is 19.2 Å². The fourth-order valence-corrected chi connectivity index (χ4v) is 1.66. The van der Waals surface area contributed by atoms with Crippen LogP contribution in [-0.4, -0.2) is 30.5 Å². The maximum Gasteiger partial charge on any atom is 0.340 e. The first-order valence-electron chi connectivity index (χ1n) is 4.97. The standard InChI is InChI=1S/C10H9N3O5/c1-18-10(15)6-2-5(13(16)17)3-7-9(6)11-4-8(14)12-7/h2-3,11H,4H2,1H3,(H,12,14). The molecule has 2 rings (SSSR count). The monoisotopic (exact) mass is 251 g/mol. The van der Waals surface area contributed by atoms with Crippen LogP contribution in [0.25, 0.3) is 0 Å². The molecule has 8 nitrogen and oxygen atoms in total. The summed E-state index contributed by atoms with van der Waals surface area (Å²) in [5, 5.41) is 15.9. The number of methoxy groups -OCH3 is 1. The smallest absolute Gasteiger partial charge is 0.340 e. The minimum atomic E-state index is -0.710. The van der Waals surface area contributed by atoms with E-state index in [1.807, 2.05) is 0 Å². The van der Waals surface area contributed by atoms with Crippen LogP contribution in [0.15, 0.2) is 12.1 Å². The summed E-state index contributed by atoms with van der Waals surface area (Å²) >= 11 is 0. The highest BCUT2D eigenvalue weighted by atomic mass is 16.6. The van der Waals surface area contributed by atoms with Crippen molar-refractivity contribution in [3.8, 4) is 0 Å². The molecular weight excluding hydrogens is 242 g/mol. The SMILES string of the molecule is COC(=O)c1cc([N+](=O)[O-])cc2c1NCC(=O)N2. The molecule has 0 unspecified atom stereocenters. The normalized spacial score (nSPS) is 13.1. The number of nitro benzene ring substituents is 1. The van der Waals surface area contributed by atoms with Gasteiger partial charge >= 0.3 is 5.97 Å². The van der Waals surface area contributed by atoms with Crippen LogP contribution in [0.2, 0.25) is 0 Å². The molecule has 0 atom stereocenters. The van der Waals surface area contributed by atoms with Crippen molar-refractivity contribution in [2.45, 2.75) is 0 Å². The zero-order valence-electron chi connectivity index (χ0n) is 9.35. The number of esters is 1. The number of nitrogens with zero attached hydrogens (tertiary/aromatic N) is 1. The maximum absolute atomic E-state index is 11.5. The van der Waals surface area contributed by atoms with E-state index in [0.717, 1.165) is 6.07 Å². The van der Waals surface area contributed by atoms with Crippen LogP contribution in [0.4, 0.5) is 17.1 Å². The summed E-state index contributed by atoms with van der Waals surface area (Å²) in [7, 11) is 1.18. The van der Waals surface area contributed by atoms with Gasteiger partial charge in [0, 0.05) is 12.1 Å². The first-order chi connectivity index (χ1) is 8.52. The molecule has 1 aromatic rings. The second-order valence-corrected chi connectivity index (χ2v) is 3.57. The Morgan fingerprint density at radius 2 is 2.22 bits per heavy atom. The minimum Gasteiger partial charge on any atom is -0.465 e. The van der Waals surface area contributed by atoms with E-state index in [1.165, 1.54) is 13.2 Å². The van der Waals surface area contributed by atoms with E-state index in [-0.39, 0.29) is 29.4 Å². The van der Waals surface area contributed by atoms with Gasteiger partial charge in [0.05, 0.1) is 35.5 Å². The Bertz CT molecular complexity index is 555. The minimum absolute atomic E-state index is 0.00515. The number of hydrogen-bond acceptors (Lipinski definition) is 6. The average Bonchev–Trinajstić information content (AvgIpc) is 2.35. The molecule has 0 saturated carbocycles. The van der Waals surface area contributed by atoms with Gasteiger partial charge in [0.25, 0.3) is 5.69 Å². The predicted octanol–water partition coefficient (Wildman–Crippen LogP) is 0.745. The van der Waals surface area contributed by atoms with Crippen molar-refractivity contribution in [2.75, 3.05) is 24.3 Å². The number of carbonyl (C=O) groups is 2. The van der Waals surface area contributed by atoms with E-state index in [1.54, 1.807) is 0 Å². The molecule has 0 spiro atoms. The van der Waals surface area contributed by atoms with Gasteiger partial charge in [0.2, 0.25) is 5.91 Å². The molecule has 1 heterocycles. The van der Waals surface area contributed by atoms with Gasteiger partial charge < -0.3 is 15.4 Å². The van der Waals surface area contributed by atoms with Crippen molar-refractivity contribution in [1.29, 1.82) is 0 Å². The van der Waals surface area contributed by atoms with Gasteiger partial charge in [-0.25, -0.2) is 4.79 Å². The molecule has 0 aromatic heterocycles. The number of hydrogen-bond donors (Lipinski definition) is 2. The topological polar surface area (TPSA) is 111 Å². The van der Waals surface area contributed by atoms with E-state index in [2.05, 4.69) is 15.4 Å². The Balaban J connectivity index is 2.60. The molecule has 1 amide bonds. The third-order valence-electron chi connectivity index (χ3n) is 2.44. The Labute approximate surface area is 101 Å². The number of carbonyl (C=O) groups excluding carboxylic acids is 2. The summed E-state index contributed by atoms with van der Waals surface area (Å²) in [5.41, 5.74) is 0.243. The second-order valence-electron chi connectivity index (χ2n) is 3.57. The van der Waals surface area contributed by atoms with E-state index in [4.69, 9.17) is 0 Å². The van der Waals surface area contributed by atoms with Crippen LogP contribution >= 0.6 is 0 Å². The average molecular weight is 251 g/mol. The molecule has 18 heavy (non-hydrogen) atoms. The second kappa shape index (κ2) is 4.32. The number of fused-ring (bicyclic) bond motifs is 1. The van der Waals surface area contributed by atoms with Crippen molar-refractivity contribution >= 4 is 28.9 Å². The van der Waals surface area contributed by atoms with E-state index in [9.17, 15) is 19.7 Å². The Morgan fingerprint density at radius 3 is 2.83 bits per heavy atom. The maximum atomic E-state index is 11.5. The molecule has 1 aliphatic rings. The van der Waals surface area contributed by atoms with Crippen LogP contribution in [0, 0.1) is 10.1 Å². The summed E-state index contributed by atoms with van der Waals surface area (Å²) in [4.78, 5) is 32.8. The summed E-state index contributed by atoms with van der Waals surface area (Å²) in [6.07, 6.45) is 0. The number of benzene rings is 1. The van der Waals surface area contributed by atoms with Gasteiger partial charge in [-0.2, -0.15) is 0 Å². The molecule has 0 saturated heterocycles. The number of nitrogens with one attached hydrogen (secondary N) is 2. The largest absolute Gasteiger partial charge is 0.465 e.